The molecular formula is C25H28N2O3. The second kappa shape index (κ2) is 11.0. The molecule has 0 saturated heterocycles. The van der Waals surface area contributed by atoms with Gasteiger partial charge in [-0.05, 0) is 47.1 Å². The highest BCUT2D eigenvalue weighted by Gasteiger charge is 2.15. The number of benzene rings is 2. The fourth-order valence-corrected chi connectivity index (χ4v) is 2.94. The van der Waals surface area contributed by atoms with Crippen molar-refractivity contribution in [3.8, 4) is 6.07 Å². The Balaban J connectivity index is 2.00. The van der Waals surface area contributed by atoms with E-state index < -0.39 is 18.5 Å². The molecule has 5 nitrogen and oxygen atoms in total. The van der Waals surface area contributed by atoms with Crippen molar-refractivity contribution < 1.29 is 14.3 Å². The van der Waals surface area contributed by atoms with Gasteiger partial charge in [0.15, 0.2) is 6.61 Å². The molecule has 5 heteroatoms. The summed E-state index contributed by atoms with van der Waals surface area (Å²) in [6.45, 7) is 7.89. The van der Waals surface area contributed by atoms with Crippen LogP contribution in [0.2, 0.25) is 0 Å². The Bertz CT molecular complexity index is 953. The normalized spacial score (nSPS) is 12.2. The first-order valence-electron chi connectivity index (χ1n) is 10.1. The Morgan fingerprint density at radius 3 is 2.37 bits per heavy atom. The number of nitrogens with zero attached hydrogens (tertiary/aromatic N) is 1. The van der Waals surface area contributed by atoms with Crippen LogP contribution in [0, 0.1) is 11.3 Å². The number of nitrogens with one attached hydrogen (secondary N) is 1. The second-order valence-electron chi connectivity index (χ2n) is 7.51. The molecule has 0 aliphatic rings. The van der Waals surface area contributed by atoms with Crippen LogP contribution in [0.1, 0.15) is 62.6 Å². The topological polar surface area (TPSA) is 79.2 Å². The van der Waals surface area contributed by atoms with E-state index in [9.17, 15) is 14.9 Å². The maximum absolute atomic E-state index is 12.3. The quantitative estimate of drug-likeness (QED) is 0.362. The van der Waals surface area contributed by atoms with Gasteiger partial charge in [0.25, 0.3) is 5.91 Å². The zero-order valence-corrected chi connectivity index (χ0v) is 17.9. The van der Waals surface area contributed by atoms with Gasteiger partial charge in [-0.1, -0.05) is 70.2 Å². The molecule has 0 unspecified atom stereocenters. The van der Waals surface area contributed by atoms with Gasteiger partial charge >= 0.3 is 5.97 Å². The Labute approximate surface area is 178 Å². The molecule has 0 saturated carbocycles. The number of ether oxygens (including phenoxy) is 1. The summed E-state index contributed by atoms with van der Waals surface area (Å²) >= 11 is 0. The molecule has 2 rings (SSSR count). The van der Waals surface area contributed by atoms with Gasteiger partial charge in [0.1, 0.15) is 11.6 Å². The van der Waals surface area contributed by atoms with Crippen LogP contribution < -0.4 is 5.32 Å². The molecule has 0 spiro atoms. The minimum absolute atomic E-state index is 0.153. The first-order valence-corrected chi connectivity index (χ1v) is 10.1. The van der Waals surface area contributed by atoms with Crippen molar-refractivity contribution in [3.05, 3.63) is 70.8 Å². The van der Waals surface area contributed by atoms with Crippen LogP contribution in [0.5, 0.6) is 0 Å². The third-order valence-corrected chi connectivity index (χ3v) is 4.97. The van der Waals surface area contributed by atoms with Crippen molar-refractivity contribution in [1.29, 1.82) is 5.26 Å². The number of rotatable bonds is 8. The lowest BCUT2D eigenvalue weighted by Crippen LogP contribution is -2.22. The second-order valence-corrected chi connectivity index (χ2v) is 7.51. The Kier molecular flexibility index (Phi) is 8.37. The highest BCUT2D eigenvalue weighted by Crippen LogP contribution is 2.26. The molecule has 0 fully saturated rings. The van der Waals surface area contributed by atoms with Gasteiger partial charge in [0, 0.05) is 5.69 Å². The van der Waals surface area contributed by atoms with Crippen molar-refractivity contribution in [2.45, 2.75) is 46.0 Å². The number of esters is 1. The van der Waals surface area contributed by atoms with E-state index in [1.165, 1.54) is 11.6 Å². The van der Waals surface area contributed by atoms with E-state index in [0.717, 1.165) is 17.5 Å². The Morgan fingerprint density at radius 1 is 1.10 bits per heavy atom. The average molecular weight is 405 g/mol. The molecule has 1 N–H and O–H groups in total. The van der Waals surface area contributed by atoms with Gasteiger partial charge in [-0.2, -0.15) is 5.26 Å². The van der Waals surface area contributed by atoms with E-state index >= 15 is 0 Å². The molecule has 30 heavy (non-hydrogen) atoms. The Morgan fingerprint density at radius 2 is 1.77 bits per heavy atom. The minimum atomic E-state index is -0.823. The monoisotopic (exact) mass is 404 g/mol. The molecular weight excluding hydrogens is 376 g/mol. The number of amides is 1. The van der Waals surface area contributed by atoms with Gasteiger partial charge < -0.3 is 10.1 Å². The molecule has 0 heterocycles. The third kappa shape index (κ3) is 6.31. The maximum Gasteiger partial charge on any atom is 0.349 e. The maximum atomic E-state index is 12.3. The zero-order chi connectivity index (χ0) is 22.1. The SMILES string of the molecule is CC[C@H](C)c1ccccc1NC(=O)COC(=O)/C(C#N)=C/c1ccc(C(C)C)cc1. The van der Waals surface area contributed by atoms with Crippen LogP contribution in [0.4, 0.5) is 5.69 Å². The van der Waals surface area contributed by atoms with Crippen LogP contribution in [0.25, 0.3) is 6.08 Å². The fourth-order valence-electron chi connectivity index (χ4n) is 2.94. The number of nitriles is 1. The van der Waals surface area contributed by atoms with E-state index in [-0.39, 0.29) is 5.57 Å². The number of anilines is 1. The van der Waals surface area contributed by atoms with E-state index in [1.807, 2.05) is 54.6 Å². The lowest BCUT2D eigenvalue weighted by atomic mass is 9.97. The van der Waals surface area contributed by atoms with Gasteiger partial charge in [0.05, 0.1) is 0 Å². The van der Waals surface area contributed by atoms with Crippen molar-refractivity contribution in [1.82, 2.24) is 0 Å². The predicted molar refractivity (Wildman–Crippen MR) is 119 cm³/mol. The lowest BCUT2D eigenvalue weighted by Gasteiger charge is -2.15. The molecule has 1 atom stereocenters. The highest BCUT2D eigenvalue weighted by molar-refractivity contribution is 6.00. The van der Waals surface area contributed by atoms with E-state index in [0.29, 0.717) is 17.5 Å². The predicted octanol–water partition coefficient (Wildman–Crippen LogP) is 5.41. The van der Waals surface area contributed by atoms with Gasteiger partial charge in [-0.15, -0.1) is 0 Å². The molecule has 1 amide bonds. The van der Waals surface area contributed by atoms with Gasteiger partial charge in [0.2, 0.25) is 0 Å². The van der Waals surface area contributed by atoms with Crippen LogP contribution in [-0.2, 0) is 14.3 Å². The minimum Gasteiger partial charge on any atom is -0.451 e. The fraction of sp³-hybridized carbons (Fsp3) is 0.320. The van der Waals surface area contributed by atoms with Gasteiger partial charge in [-0.3, -0.25) is 4.79 Å². The Hall–Kier alpha value is -3.39. The van der Waals surface area contributed by atoms with Gasteiger partial charge in [-0.25, -0.2) is 4.79 Å². The summed E-state index contributed by atoms with van der Waals surface area (Å²) in [5.41, 5.74) is 3.47. The third-order valence-electron chi connectivity index (χ3n) is 4.97. The standard InChI is InChI=1S/C25H28N2O3/c1-5-18(4)22-8-6-7-9-23(22)27-24(28)16-30-25(29)21(15-26)14-19-10-12-20(13-11-19)17(2)3/h6-14,17-18H,5,16H2,1-4H3,(H,27,28)/b21-14+/t18-/m0/s1. The number of carbonyl (C=O) groups excluding carboxylic acids is 2. The summed E-state index contributed by atoms with van der Waals surface area (Å²) in [6, 6.07) is 17.0. The van der Waals surface area contributed by atoms with Crippen LogP contribution in [0.3, 0.4) is 0 Å². The first kappa shape index (κ1) is 22.9. The van der Waals surface area contributed by atoms with Crippen molar-refractivity contribution in [3.63, 3.8) is 0 Å². The summed E-state index contributed by atoms with van der Waals surface area (Å²) in [6.07, 6.45) is 2.40. The molecule has 0 aliphatic carbocycles. The molecule has 0 aromatic heterocycles. The van der Waals surface area contributed by atoms with E-state index in [4.69, 9.17) is 4.74 Å². The molecule has 0 bridgehead atoms. The summed E-state index contributed by atoms with van der Waals surface area (Å²) < 4.78 is 5.05. The molecule has 0 aliphatic heterocycles. The van der Waals surface area contributed by atoms with Crippen molar-refractivity contribution >= 4 is 23.6 Å². The summed E-state index contributed by atoms with van der Waals surface area (Å²) in [5, 5.41) is 12.1. The molecule has 2 aromatic carbocycles. The first-order chi connectivity index (χ1) is 14.3. The number of para-hydroxylation sites is 1. The number of hydrogen-bond donors (Lipinski definition) is 1. The summed E-state index contributed by atoms with van der Waals surface area (Å²) in [7, 11) is 0. The summed E-state index contributed by atoms with van der Waals surface area (Å²) in [5.74, 6) is -0.583. The number of carbonyl (C=O) groups is 2. The highest BCUT2D eigenvalue weighted by atomic mass is 16.5. The lowest BCUT2D eigenvalue weighted by molar-refractivity contribution is -0.142. The number of hydrogen-bond acceptors (Lipinski definition) is 4. The van der Waals surface area contributed by atoms with Crippen molar-refractivity contribution in [2.75, 3.05) is 11.9 Å². The smallest absolute Gasteiger partial charge is 0.349 e. The van der Waals surface area contributed by atoms with Crippen molar-refractivity contribution in [2.24, 2.45) is 0 Å². The zero-order valence-electron chi connectivity index (χ0n) is 17.9. The van der Waals surface area contributed by atoms with E-state index in [1.54, 1.807) is 0 Å². The molecule has 2 aromatic rings. The van der Waals surface area contributed by atoms with Crippen LogP contribution >= 0.6 is 0 Å². The van der Waals surface area contributed by atoms with Crippen LogP contribution in [-0.4, -0.2) is 18.5 Å². The summed E-state index contributed by atoms with van der Waals surface area (Å²) in [4.78, 5) is 24.5. The largest absolute Gasteiger partial charge is 0.451 e. The molecule has 0 radical (unpaired) electrons. The van der Waals surface area contributed by atoms with E-state index in [2.05, 4.69) is 33.0 Å². The van der Waals surface area contributed by atoms with Crippen LogP contribution in [0.15, 0.2) is 54.1 Å². The molecule has 156 valence electrons. The average Bonchev–Trinajstić information content (AvgIpc) is 2.76.